The van der Waals surface area contributed by atoms with E-state index in [-0.39, 0.29) is 11.2 Å². The number of imidazole rings is 1. The molecule has 2 aromatic rings. The maximum Gasteiger partial charge on any atom is 0.280 e. The van der Waals surface area contributed by atoms with Gasteiger partial charge in [0.05, 0.1) is 12.9 Å². The van der Waals surface area contributed by atoms with Gasteiger partial charge in [0.2, 0.25) is 5.95 Å². The van der Waals surface area contributed by atoms with E-state index in [1.54, 1.807) is 0 Å². The lowest BCUT2D eigenvalue weighted by molar-refractivity contribution is -0.0511. The standard InChI is InChI=1S/C16H26N6O5/c17-5-3-1-2-4-6-18-16-20-13-10(14(26)21-16)19-8-22(13)15-12(25)11(24)9(7-23)27-15/h8-9,11-12,15,23-25H,1-7,17H2,(H2,18,20,21,26)/t9-,11?,12+,15-/m1/s1. The molecule has 2 aromatic heterocycles. The van der Waals surface area contributed by atoms with Crippen LogP contribution in [-0.4, -0.2) is 72.8 Å². The van der Waals surface area contributed by atoms with Crippen molar-refractivity contribution in [1.29, 1.82) is 0 Å². The number of nitrogens with two attached hydrogens (primary N) is 1. The van der Waals surface area contributed by atoms with E-state index in [1.165, 1.54) is 10.9 Å². The number of nitrogens with zero attached hydrogens (tertiary/aromatic N) is 3. The normalized spacial score (nSPS) is 25.3. The summed E-state index contributed by atoms with van der Waals surface area (Å²) in [5, 5.41) is 32.4. The van der Waals surface area contributed by atoms with Gasteiger partial charge in [-0.3, -0.25) is 14.3 Å². The molecule has 1 fully saturated rings. The van der Waals surface area contributed by atoms with Crippen LogP contribution in [-0.2, 0) is 4.74 Å². The zero-order valence-corrected chi connectivity index (χ0v) is 14.9. The average molecular weight is 382 g/mol. The molecule has 27 heavy (non-hydrogen) atoms. The summed E-state index contributed by atoms with van der Waals surface area (Å²) >= 11 is 0. The molecule has 1 aliphatic heterocycles. The Bertz CT molecular complexity index is 808. The number of H-pyrrole nitrogens is 1. The molecule has 11 nitrogen and oxygen atoms in total. The van der Waals surface area contributed by atoms with Gasteiger partial charge in [0.15, 0.2) is 17.4 Å². The third-order valence-corrected chi connectivity index (χ3v) is 4.65. The maximum absolute atomic E-state index is 12.3. The number of aromatic amines is 1. The van der Waals surface area contributed by atoms with Crippen LogP contribution in [0.5, 0.6) is 0 Å². The fourth-order valence-corrected chi connectivity index (χ4v) is 3.14. The van der Waals surface area contributed by atoms with Gasteiger partial charge in [0.1, 0.15) is 18.3 Å². The molecular weight excluding hydrogens is 356 g/mol. The number of hydrogen-bond acceptors (Lipinski definition) is 9. The molecule has 3 rings (SSSR count). The number of anilines is 1. The first-order valence-electron chi connectivity index (χ1n) is 9.10. The Balaban J connectivity index is 1.76. The van der Waals surface area contributed by atoms with Crippen LogP contribution in [0.15, 0.2) is 11.1 Å². The molecule has 0 bridgehead atoms. The van der Waals surface area contributed by atoms with Gasteiger partial charge in [0, 0.05) is 6.54 Å². The van der Waals surface area contributed by atoms with Crippen LogP contribution in [0.1, 0.15) is 31.9 Å². The highest BCUT2D eigenvalue weighted by atomic mass is 16.6. The Kier molecular flexibility index (Phi) is 6.39. The second kappa shape index (κ2) is 8.76. The van der Waals surface area contributed by atoms with Crippen molar-refractivity contribution in [1.82, 2.24) is 19.5 Å². The SMILES string of the molecule is NCCCCCCNc1nc2c(ncn2[C@@H]2O[C@H](CO)C(O)[C@@H]2O)c(=O)[nH]1. The van der Waals surface area contributed by atoms with E-state index in [4.69, 9.17) is 10.5 Å². The predicted octanol–water partition coefficient (Wildman–Crippen LogP) is -1.34. The smallest absolute Gasteiger partial charge is 0.280 e. The molecule has 150 valence electrons. The van der Waals surface area contributed by atoms with Gasteiger partial charge in [-0.05, 0) is 19.4 Å². The summed E-state index contributed by atoms with van der Waals surface area (Å²) in [5.41, 5.74) is 5.36. The Hall–Kier alpha value is -2.05. The molecular formula is C16H26N6O5. The van der Waals surface area contributed by atoms with E-state index in [0.29, 0.717) is 19.0 Å². The third kappa shape index (κ3) is 4.12. The second-order valence-electron chi connectivity index (χ2n) is 6.60. The number of aliphatic hydroxyl groups excluding tert-OH is 3. The Morgan fingerprint density at radius 3 is 2.74 bits per heavy atom. The molecule has 1 aliphatic rings. The Morgan fingerprint density at radius 1 is 1.26 bits per heavy atom. The number of hydrogen-bond donors (Lipinski definition) is 6. The van der Waals surface area contributed by atoms with Gasteiger partial charge < -0.3 is 31.1 Å². The number of rotatable bonds is 9. The lowest BCUT2D eigenvalue weighted by atomic mass is 10.1. The lowest BCUT2D eigenvalue weighted by Crippen LogP contribution is -2.33. The highest BCUT2D eigenvalue weighted by Crippen LogP contribution is 2.30. The maximum atomic E-state index is 12.3. The number of unbranched alkanes of at least 4 members (excludes halogenated alkanes) is 3. The van der Waals surface area contributed by atoms with Crippen molar-refractivity contribution < 1.29 is 20.1 Å². The summed E-state index contributed by atoms with van der Waals surface area (Å²) in [6.07, 6.45) is 0.863. The Labute approximate surface area is 155 Å². The minimum Gasteiger partial charge on any atom is -0.394 e. The van der Waals surface area contributed by atoms with Crippen molar-refractivity contribution in [3.05, 3.63) is 16.7 Å². The van der Waals surface area contributed by atoms with Crippen molar-refractivity contribution in [2.75, 3.05) is 25.0 Å². The summed E-state index contributed by atoms with van der Waals surface area (Å²) in [4.78, 5) is 23.3. The van der Waals surface area contributed by atoms with E-state index in [9.17, 15) is 20.1 Å². The molecule has 0 saturated carbocycles. The van der Waals surface area contributed by atoms with Crippen LogP contribution < -0.4 is 16.6 Å². The summed E-state index contributed by atoms with van der Waals surface area (Å²) in [7, 11) is 0. The molecule has 3 heterocycles. The van der Waals surface area contributed by atoms with Gasteiger partial charge in [-0.1, -0.05) is 12.8 Å². The number of nitrogens with one attached hydrogen (secondary N) is 2. The largest absolute Gasteiger partial charge is 0.394 e. The van der Waals surface area contributed by atoms with Crippen LogP contribution in [0.4, 0.5) is 5.95 Å². The van der Waals surface area contributed by atoms with Gasteiger partial charge in [-0.2, -0.15) is 4.98 Å². The molecule has 0 amide bonds. The fourth-order valence-electron chi connectivity index (χ4n) is 3.14. The molecule has 1 unspecified atom stereocenters. The topological polar surface area (TPSA) is 172 Å². The van der Waals surface area contributed by atoms with E-state index >= 15 is 0 Å². The fraction of sp³-hybridized carbons (Fsp3) is 0.688. The Morgan fingerprint density at radius 2 is 2.04 bits per heavy atom. The van der Waals surface area contributed by atoms with Crippen molar-refractivity contribution in [2.24, 2.45) is 5.73 Å². The van der Waals surface area contributed by atoms with Crippen LogP contribution in [0.2, 0.25) is 0 Å². The highest BCUT2D eigenvalue weighted by molar-refractivity contribution is 5.70. The zero-order valence-electron chi connectivity index (χ0n) is 14.9. The van der Waals surface area contributed by atoms with Gasteiger partial charge in [-0.15, -0.1) is 0 Å². The first-order chi connectivity index (χ1) is 13.1. The van der Waals surface area contributed by atoms with Crippen LogP contribution in [0, 0.1) is 0 Å². The quantitative estimate of drug-likeness (QED) is 0.287. The van der Waals surface area contributed by atoms with Gasteiger partial charge in [-0.25, -0.2) is 4.98 Å². The third-order valence-electron chi connectivity index (χ3n) is 4.65. The van der Waals surface area contributed by atoms with Crippen LogP contribution in [0.3, 0.4) is 0 Å². The van der Waals surface area contributed by atoms with Gasteiger partial charge in [0.25, 0.3) is 5.56 Å². The zero-order chi connectivity index (χ0) is 19.4. The molecule has 4 atom stereocenters. The summed E-state index contributed by atoms with van der Waals surface area (Å²) in [6.45, 7) is 0.886. The summed E-state index contributed by atoms with van der Waals surface area (Å²) in [5.74, 6) is 0.291. The lowest BCUT2D eigenvalue weighted by Gasteiger charge is -2.16. The van der Waals surface area contributed by atoms with E-state index in [2.05, 4.69) is 20.3 Å². The van der Waals surface area contributed by atoms with Crippen molar-refractivity contribution in [3.8, 4) is 0 Å². The number of aliphatic hydroxyl groups is 3. The number of fused-ring (bicyclic) bond motifs is 1. The molecule has 7 N–H and O–H groups in total. The van der Waals surface area contributed by atoms with Gasteiger partial charge >= 0.3 is 0 Å². The first-order valence-corrected chi connectivity index (χ1v) is 9.10. The molecule has 11 heteroatoms. The van der Waals surface area contributed by atoms with E-state index in [0.717, 1.165) is 25.7 Å². The predicted molar refractivity (Wildman–Crippen MR) is 97.2 cm³/mol. The minimum absolute atomic E-state index is 0.0984. The second-order valence-corrected chi connectivity index (χ2v) is 6.60. The highest BCUT2D eigenvalue weighted by Gasteiger charge is 2.44. The molecule has 0 aromatic carbocycles. The first kappa shape index (κ1) is 19.7. The van der Waals surface area contributed by atoms with E-state index < -0.39 is 36.7 Å². The minimum atomic E-state index is -1.28. The average Bonchev–Trinajstić information content (AvgIpc) is 3.20. The van der Waals surface area contributed by atoms with Crippen LogP contribution >= 0.6 is 0 Å². The van der Waals surface area contributed by atoms with E-state index in [1.807, 2.05) is 0 Å². The summed E-state index contributed by atoms with van der Waals surface area (Å²) < 4.78 is 6.88. The number of aromatic nitrogens is 4. The van der Waals surface area contributed by atoms with Crippen molar-refractivity contribution in [2.45, 2.75) is 50.2 Å². The van der Waals surface area contributed by atoms with Crippen molar-refractivity contribution >= 4 is 17.1 Å². The monoisotopic (exact) mass is 382 g/mol. The molecule has 0 radical (unpaired) electrons. The molecule has 0 spiro atoms. The summed E-state index contributed by atoms with van der Waals surface area (Å²) in [6, 6.07) is 0. The number of ether oxygens (including phenoxy) is 1. The van der Waals surface area contributed by atoms with Crippen molar-refractivity contribution in [3.63, 3.8) is 0 Å². The molecule has 0 aliphatic carbocycles. The molecule has 1 saturated heterocycles. The van der Waals surface area contributed by atoms with Crippen LogP contribution in [0.25, 0.3) is 11.2 Å².